The number of ether oxygens (including phenoxy) is 1. The third-order valence-electron chi connectivity index (χ3n) is 5.07. The van der Waals surface area contributed by atoms with Crippen LogP contribution < -0.4 is 15.4 Å². The van der Waals surface area contributed by atoms with Crippen LogP contribution in [0.5, 0.6) is 5.75 Å². The van der Waals surface area contributed by atoms with Crippen molar-refractivity contribution in [2.75, 3.05) is 18.5 Å². The SMILES string of the molecule is O=C1COc2cc(S(=O)(=O)N3CCCC3C(=O)NCc3ccccc3)c(Cl)cc2N1. The molecule has 2 N–H and O–H groups in total. The van der Waals surface area contributed by atoms with Gasteiger partial charge in [-0.1, -0.05) is 41.9 Å². The van der Waals surface area contributed by atoms with Gasteiger partial charge in [0, 0.05) is 19.2 Å². The Kier molecular flexibility index (Phi) is 5.68. The maximum absolute atomic E-state index is 13.3. The molecule has 2 aromatic rings. The summed E-state index contributed by atoms with van der Waals surface area (Å²) < 4.78 is 33.1. The highest BCUT2D eigenvalue weighted by atomic mass is 35.5. The molecule has 2 amide bonds. The number of nitrogens with zero attached hydrogens (tertiary/aromatic N) is 1. The van der Waals surface area contributed by atoms with E-state index in [1.54, 1.807) is 0 Å². The zero-order chi connectivity index (χ0) is 21.3. The van der Waals surface area contributed by atoms with Crippen molar-refractivity contribution in [2.24, 2.45) is 0 Å². The van der Waals surface area contributed by atoms with Crippen LogP contribution in [-0.4, -0.2) is 43.7 Å². The summed E-state index contributed by atoms with van der Waals surface area (Å²) in [5.41, 5.74) is 1.24. The number of benzene rings is 2. The van der Waals surface area contributed by atoms with Crippen LogP contribution in [0.15, 0.2) is 47.4 Å². The van der Waals surface area contributed by atoms with Gasteiger partial charge in [-0.05, 0) is 24.5 Å². The van der Waals surface area contributed by atoms with E-state index < -0.39 is 16.1 Å². The maximum Gasteiger partial charge on any atom is 0.262 e. The summed E-state index contributed by atoms with van der Waals surface area (Å²) in [6.07, 6.45) is 0.993. The highest BCUT2D eigenvalue weighted by Crippen LogP contribution is 2.38. The van der Waals surface area contributed by atoms with Gasteiger partial charge in [-0.3, -0.25) is 9.59 Å². The number of nitrogens with one attached hydrogen (secondary N) is 2. The normalized spacial score (nSPS) is 19.0. The van der Waals surface area contributed by atoms with E-state index in [1.165, 1.54) is 16.4 Å². The first-order valence-corrected chi connectivity index (χ1v) is 11.3. The zero-order valence-electron chi connectivity index (χ0n) is 15.9. The summed E-state index contributed by atoms with van der Waals surface area (Å²) in [6, 6.07) is 11.2. The van der Waals surface area contributed by atoms with Gasteiger partial charge in [0.15, 0.2) is 6.61 Å². The average Bonchev–Trinajstić information content (AvgIpc) is 3.23. The lowest BCUT2D eigenvalue weighted by Crippen LogP contribution is -2.45. The van der Waals surface area contributed by atoms with Crippen molar-refractivity contribution in [3.8, 4) is 5.75 Å². The largest absolute Gasteiger partial charge is 0.482 e. The summed E-state index contributed by atoms with van der Waals surface area (Å²) in [4.78, 5) is 24.0. The van der Waals surface area contributed by atoms with Gasteiger partial charge in [-0.2, -0.15) is 4.31 Å². The fourth-order valence-corrected chi connectivity index (χ4v) is 5.77. The second-order valence-corrected chi connectivity index (χ2v) is 9.36. The minimum Gasteiger partial charge on any atom is -0.482 e. The molecule has 0 aliphatic carbocycles. The highest BCUT2D eigenvalue weighted by molar-refractivity contribution is 7.89. The van der Waals surface area contributed by atoms with Gasteiger partial charge in [0.25, 0.3) is 5.91 Å². The van der Waals surface area contributed by atoms with Gasteiger partial charge in [0.05, 0.1) is 10.7 Å². The molecule has 0 spiro atoms. The van der Waals surface area contributed by atoms with Gasteiger partial charge in [-0.25, -0.2) is 8.42 Å². The molecule has 1 saturated heterocycles. The number of hydrogen-bond acceptors (Lipinski definition) is 5. The molecule has 1 atom stereocenters. The molecule has 4 rings (SSSR count). The van der Waals surface area contributed by atoms with E-state index in [4.69, 9.17) is 16.3 Å². The van der Waals surface area contributed by atoms with E-state index in [9.17, 15) is 18.0 Å². The van der Waals surface area contributed by atoms with Crippen LogP contribution in [0.4, 0.5) is 5.69 Å². The van der Waals surface area contributed by atoms with Crippen molar-refractivity contribution in [1.82, 2.24) is 9.62 Å². The monoisotopic (exact) mass is 449 g/mol. The third kappa shape index (κ3) is 4.00. The van der Waals surface area contributed by atoms with Gasteiger partial charge in [0.2, 0.25) is 15.9 Å². The average molecular weight is 450 g/mol. The van der Waals surface area contributed by atoms with Crippen molar-refractivity contribution in [2.45, 2.75) is 30.3 Å². The van der Waals surface area contributed by atoms with E-state index in [0.29, 0.717) is 25.1 Å². The summed E-state index contributed by atoms with van der Waals surface area (Å²) in [5.74, 6) is -0.469. The quantitative estimate of drug-likeness (QED) is 0.727. The molecule has 1 unspecified atom stereocenters. The number of amides is 2. The molecule has 2 aliphatic rings. The molecule has 0 saturated carbocycles. The van der Waals surface area contributed by atoms with Crippen LogP contribution in [0.1, 0.15) is 18.4 Å². The van der Waals surface area contributed by atoms with Gasteiger partial charge >= 0.3 is 0 Å². The second-order valence-electron chi connectivity index (χ2n) is 7.09. The summed E-state index contributed by atoms with van der Waals surface area (Å²) >= 11 is 6.23. The van der Waals surface area contributed by atoms with E-state index in [1.807, 2.05) is 30.3 Å². The fraction of sp³-hybridized carbons (Fsp3) is 0.300. The Hall–Kier alpha value is -2.62. The Morgan fingerprint density at radius 1 is 1.27 bits per heavy atom. The first-order valence-electron chi connectivity index (χ1n) is 9.46. The topological polar surface area (TPSA) is 105 Å². The van der Waals surface area contributed by atoms with Crippen LogP contribution in [0.3, 0.4) is 0 Å². The molecule has 158 valence electrons. The molecule has 8 nitrogen and oxygen atoms in total. The molecule has 0 bridgehead atoms. The van der Waals surface area contributed by atoms with Gasteiger partial charge < -0.3 is 15.4 Å². The number of fused-ring (bicyclic) bond motifs is 1. The number of anilines is 1. The molecule has 1 fully saturated rings. The third-order valence-corrected chi connectivity index (χ3v) is 7.44. The lowest BCUT2D eigenvalue weighted by Gasteiger charge is -2.25. The summed E-state index contributed by atoms with van der Waals surface area (Å²) in [7, 11) is -4.05. The predicted octanol–water partition coefficient (Wildman–Crippen LogP) is 2.14. The first-order chi connectivity index (χ1) is 14.4. The number of carbonyl (C=O) groups is 2. The van der Waals surface area contributed by atoms with Crippen molar-refractivity contribution in [1.29, 1.82) is 0 Å². The van der Waals surface area contributed by atoms with Crippen molar-refractivity contribution in [3.63, 3.8) is 0 Å². The standard InChI is InChI=1S/C20H20ClN3O5S/c21-14-9-15-17(29-12-19(25)23-15)10-18(14)30(27,28)24-8-4-7-16(24)20(26)22-11-13-5-2-1-3-6-13/h1-3,5-6,9-10,16H,4,7-8,11-12H2,(H,22,26)(H,23,25). The Labute approximate surface area is 179 Å². The summed E-state index contributed by atoms with van der Waals surface area (Å²) in [5, 5.41) is 5.35. The van der Waals surface area contributed by atoms with Gasteiger partial charge in [-0.15, -0.1) is 0 Å². The van der Waals surface area contributed by atoms with Crippen LogP contribution >= 0.6 is 11.6 Å². The first kappa shape index (κ1) is 20.6. The fourth-order valence-electron chi connectivity index (χ4n) is 3.60. The molecular weight excluding hydrogens is 430 g/mol. The Morgan fingerprint density at radius 2 is 2.03 bits per heavy atom. The highest BCUT2D eigenvalue weighted by Gasteiger charge is 2.40. The zero-order valence-corrected chi connectivity index (χ0v) is 17.5. The second kappa shape index (κ2) is 8.25. The predicted molar refractivity (Wildman–Crippen MR) is 111 cm³/mol. The van der Waals surface area contributed by atoms with Crippen molar-refractivity contribution >= 4 is 39.1 Å². The molecule has 0 radical (unpaired) electrons. The molecule has 10 heteroatoms. The Balaban J connectivity index is 1.56. The van der Waals surface area contributed by atoms with Crippen molar-refractivity contribution < 1.29 is 22.7 Å². The van der Waals surface area contributed by atoms with Crippen LogP contribution in [0.2, 0.25) is 5.02 Å². The number of sulfonamides is 1. The van der Waals surface area contributed by atoms with Crippen LogP contribution in [-0.2, 0) is 26.2 Å². The van der Waals surface area contributed by atoms with Crippen LogP contribution in [0, 0.1) is 0 Å². The van der Waals surface area contributed by atoms with Gasteiger partial charge in [0.1, 0.15) is 16.7 Å². The van der Waals surface area contributed by atoms with E-state index in [0.717, 1.165) is 5.56 Å². The Bertz CT molecular complexity index is 1090. The number of halogens is 1. The molecule has 2 aliphatic heterocycles. The smallest absolute Gasteiger partial charge is 0.262 e. The number of carbonyl (C=O) groups excluding carboxylic acids is 2. The van der Waals surface area contributed by atoms with E-state index in [2.05, 4.69) is 10.6 Å². The minimum absolute atomic E-state index is 0.0464. The van der Waals surface area contributed by atoms with Crippen molar-refractivity contribution in [3.05, 3.63) is 53.1 Å². The van der Waals surface area contributed by atoms with Crippen LogP contribution in [0.25, 0.3) is 0 Å². The molecule has 0 aromatic heterocycles. The van der Waals surface area contributed by atoms with E-state index in [-0.39, 0.29) is 40.6 Å². The molecular formula is C20H20ClN3O5S. The number of hydrogen-bond donors (Lipinski definition) is 2. The minimum atomic E-state index is -4.05. The Morgan fingerprint density at radius 3 is 2.80 bits per heavy atom. The molecule has 30 heavy (non-hydrogen) atoms. The lowest BCUT2D eigenvalue weighted by atomic mass is 10.2. The van der Waals surface area contributed by atoms with E-state index >= 15 is 0 Å². The molecule has 2 aromatic carbocycles. The lowest BCUT2D eigenvalue weighted by molar-refractivity contribution is -0.124. The summed E-state index contributed by atoms with van der Waals surface area (Å²) in [6.45, 7) is 0.330. The number of rotatable bonds is 5. The maximum atomic E-state index is 13.3. The molecule has 2 heterocycles.